The topological polar surface area (TPSA) is 51.2 Å². The van der Waals surface area contributed by atoms with Gasteiger partial charge in [-0.3, -0.25) is 4.79 Å². The van der Waals surface area contributed by atoms with E-state index in [0.717, 1.165) is 6.07 Å². The molecule has 0 saturated heterocycles. The number of alkyl halides is 3. The predicted molar refractivity (Wildman–Crippen MR) is 118 cm³/mol. The van der Waals surface area contributed by atoms with Crippen molar-refractivity contribution in [2.75, 3.05) is 0 Å². The molecule has 0 spiro atoms. The van der Waals surface area contributed by atoms with Gasteiger partial charge in [0.15, 0.2) is 15.6 Å². The standard InChI is InChI=1S/C24H24ClF5O3S/c1-23(2,34(32,33)19-12-17(24(28,29)30)11-18(26)13-19)16-8-14(9-16)4-3-5-22(31)15-6-7-21(27)20(25)10-15/h6-7,10-14,16H,3-5,8-9H2,1-2H3. The zero-order valence-corrected chi connectivity index (χ0v) is 20.1. The largest absolute Gasteiger partial charge is 0.416 e. The minimum absolute atomic E-state index is 0.128. The van der Waals surface area contributed by atoms with Gasteiger partial charge in [-0.15, -0.1) is 0 Å². The van der Waals surface area contributed by atoms with Gasteiger partial charge < -0.3 is 0 Å². The van der Waals surface area contributed by atoms with E-state index in [1.807, 2.05) is 0 Å². The third kappa shape index (κ3) is 5.46. The first-order valence-electron chi connectivity index (χ1n) is 10.7. The molecule has 2 aromatic rings. The number of Topliss-reactive ketones (excluding diaryl/α,β-unsaturated/α-hetero) is 1. The lowest BCUT2D eigenvalue weighted by Crippen LogP contribution is -2.46. The van der Waals surface area contributed by atoms with Crippen molar-refractivity contribution in [3.05, 3.63) is 64.2 Å². The summed E-state index contributed by atoms with van der Waals surface area (Å²) in [6.45, 7) is 2.90. The van der Waals surface area contributed by atoms with Gasteiger partial charge in [0, 0.05) is 12.0 Å². The van der Waals surface area contributed by atoms with Gasteiger partial charge in [0.2, 0.25) is 0 Å². The van der Waals surface area contributed by atoms with Crippen LogP contribution in [0.15, 0.2) is 41.3 Å². The SMILES string of the molecule is CC(C)(C1CC(CCCC(=O)c2ccc(F)c(Cl)c2)C1)S(=O)(=O)c1cc(F)cc(C(F)(F)F)c1. The number of benzene rings is 2. The van der Waals surface area contributed by atoms with Gasteiger partial charge in [-0.05, 0) is 87.8 Å². The Morgan fingerprint density at radius 3 is 2.29 bits per heavy atom. The van der Waals surface area contributed by atoms with Gasteiger partial charge in [-0.25, -0.2) is 17.2 Å². The highest BCUT2D eigenvalue weighted by Gasteiger charge is 2.48. The molecule has 0 N–H and O–H groups in total. The Morgan fingerprint density at radius 2 is 1.71 bits per heavy atom. The summed E-state index contributed by atoms with van der Waals surface area (Å²) in [5.41, 5.74) is -1.03. The van der Waals surface area contributed by atoms with E-state index in [2.05, 4.69) is 0 Å². The van der Waals surface area contributed by atoms with E-state index >= 15 is 0 Å². The van der Waals surface area contributed by atoms with Crippen LogP contribution in [0.1, 0.15) is 61.9 Å². The van der Waals surface area contributed by atoms with Crippen molar-refractivity contribution in [1.29, 1.82) is 0 Å². The molecule has 0 aromatic heterocycles. The zero-order chi connectivity index (χ0) is 25.5. The second kappa shape index (κ2) is 9.57. The van der Waals surface area contributed by atoms with E-state index in [1.54, 1.807) is 0 Å². The summed E-state index contributed by atoms with van der Waals surface area (Å²) in [4.78, 5) is 11.6. The third-order valence-corrected chi connectivity index (χ3v) is 9.54. The monoisotopic (exact) mass is 522 g/mol. The second-order valence-electron chi connectivity index (χ2n) is 9.26. The molecule has 0 bridgehead atoms. The van der Waals surface area contributed by atoms with E-state index in [1.165, 1.54) is 26.0 Å². The Balaban J connectivity index is 1.59. The Hall–Kier alpha value is -2.00. The molecule has 34 heavy (non-hydrogen) atoms. The van der Waals surface area contributed by atoms with E-state index in [4.69, 9.17) is 11.6 Å². The van der Waals surface area contributed by atoms with Crippen molar-refractivity contribution in [3.8, 4) is 0 Å². The van der Waals surface area contributed by atoms with Gasteiger partial charge in [0.25, 0.3) is 0 Å². The molecule has 1 fully saturated rings. The first kappa shape index (κ1) is 26.6. The summed E-state index contributed by atoms with van der Waals surface area (Å²) >= 11 is 5.70. The van der Waals surface area contributed by atoms with Gasteiger partial charge in [0.05, 0.1) is 20.2 Å². The molecule has 0 atom stereocenters. The van der Waals surface area contributed by atoms with Crippen molar-refractivity contribution in [2.24, 2.45) is 11.8 Å². The molecular formula is C24H24ClF5O3S. The Bertz CT molecular complexity index is 1190. The molecule has 0 aliphatic heterocycles. The highest BCUT2D eigenvalue weighted by atomic mass is 35.5. The molecule has 10 heteroatoms. The molecule has 186 valence electrons. The summed E-state index contributed by atoms with van der Waals surface area (Å²) in [6, 6.07) is 5.15. The maximum absolute atomic E-state index is 13.8. The lowest BCUT2D eigenvalue weighted by Gasteiger charge is -2.45. The number of hydrogen-bond donors (Lipinski definition) is 0. The van der Waals surface area contributed by atoms with Crippen LogP contribution in [-0.2, 0) is 16.0 Å². The fourth-order valence-electron chi connectivity index (χ4n) is 4.31. The molecule has 1 aliphatic rings. The van der Waals surface area contributed by atoms with Crippen molar-refractivity contribution in [1.82, 2.24) is 0 Å². The number of carbonyl (C=O) groups excluding carboxylic acids is 1. The quantitative estimate of drug-likeness (QED) is 0.270. The maximum atomic E-state index is 13.8. The summed E-state index contributed by atoms with van der Waals surface area (Å²) in [7, 11) is -4.24. The van der Waals surface area contributed by atoms with Crippen LogP contribution >= 0.6 is 11.6 Å². The van der Waals surface area contributed by atoms with Crippen LogP contribution in [0, 0.1) is 23.5 Å². The average Bonchev–Trinajstić information content (AvgIpc) is 2.70. The predicted octanol–water partition coefficient (Wildman–Crippen LogP) is 7.27. The summed E-state index contributed by atoms with van der Waals surface area (Å²) in [6.07, 6.45) is -2.35. The third-order valence-electron chi connectivity index (χ3n) is 6.68. The van der Waals surface area contributed by atoms with Crippen LogP contribution in [0.4, 0.5) is 22.0 Å². The van der Waals surface area contributed by atoms with Crippen LogP contribution in [0.25, 0.3) is 0 Å². The van der Waals surface area contributed by atoms with Gasteiger partial charge in [-0.2, -0.15) is 13.2 Å². The number of carbonyl (C=O) groups is 1. The van der Waals surface area contributed by atoms with E-state index in [0.29, 0.717) is 43.4 Å². The minimum Gasteiger partial charge on any atom is -0.294 e. The number of ketones is 1. The van der Waals surface area contributed by atoms with Crippen molar-refractivity contribution in [3.63, 3.8) is 0 Å². The molecule has 3 nitrogen and oxygen atoms in total. The van der Waals surface area contributed by atoms with Crippen LogP contribution in [0.2, 0.25) is 5.02 Å². The fourth-order valence-corrected chi connectivity index (χ4v) is 6.28. The highest BCUT2D eigenvalue weighted by Crippen LogP contribution is 2.48. The minimum atomic E-state index is -4.87. The summed E-state index contributed by atoms with van der Waals surface area (Å²) < 4.78 is 91.0. The lowest BCUT2D eigenvalue weighted by atomic mass is 9.67. The van der Waals surface area contributed by atoms with Crippen molar-refractivity contribution >= 4 is 27.2 Å². The Labute approximate surface area is 200 Å². The molecular weight excluding hydrogens is 499 g/mol. The normalized spacial score (nSPS) is 19.1. The lowest BCUT2D eigenvalue weighted by molar-refractivity contribution is -0.137. The fraction of sp³-hybridized carbons (Fsp3) is 0.458. The summed E-state index contributed by atoms with van der Waals surface area (Å²) in [5, 5.41) is -0.128. The second-order valence-corrected chi connectivity index (χ2v) is 12.2. The van der Waals surface area contributed by atoms with Crippen molar-refractivity contribution < 1.29 is 35.2 Å². The Morgan fingerprint density at radius 1 is 1.06 bits per heavy atom. The number of hydrogen-bond acceptors (Lipinski definition) is 3. The molecule has 0 amide bonds. The van der Waals surface area contributed by atoms with Gasteiger partial charge in [0.1, 0.15) is 11.6 Å². The average molecular weight is 523 g/mol. The molecule has 0 heterocycles. The molecule has 1 saturated carbocycles. The van der Waals surface area contributed by atoms with E-state index in [9.17, 15) is 35.2 Å². The Kier molecular flexibility index (Phi) is 7.49. The smallest absolute Gasteiger partial charge is 0.294 e. The van der Waals surface area contributed by atoms with Crippen LogP contribution in [-0.4, -0.2) is 18.9 Å². The molecule has 1 aliphatic carbocycles. The van der Waals surface area contributed by atoms with Crippen molar-refractivity contribution in [2.45, 2.75) is 61.8 Å². The molecule has 3 rings (SSSR count). The van der Waals surface area contributed by atoms with Crippen LogP contribution in [0.5, 0.6) is 0 Å². The first-order valence-corrected chi connectivity index (χ1v) is 12.6. The number of sulfone groups is 1. The molecule has 0 radical (unpaired) electrons. The van der Waals surface area contributed by atoms with Gasteiger partial charge >= 0.3 is 6.18 Å². The summed E-state index contributed by atoms with van der Waals surface area (Å²) in [5.74, 6) is -2.19. The number of rotatable bonds is 8. The van der Waals surface area contributed by atoms with E-state index < -0.39 is 42.9 Å². The zero-order valence-electron chi connectivity index (χ0n) is 18.6. The van der Waals surface area contributed by atoms with Crippen LogP contribution < -0.4 is 0 Å². The highest BCUT2D eigenvalue weighted by molar-refractivity contribution is 7.92. The van der Waals surface area contributed by atoms with E-state index in [-0.39, 0.29) is 35.1 Å². The number of halogens is 6. The molecule has 2 aromatic carbocycles. The van der Waals surface area contributed by atoms with Gasteiger partial charge in [-0.1, -0.05) is 11.6 Å². The first-order chi connectivity index (χ1) is 15.6. The van der Waals surface area contributed by atoms with Crippen LogP contribution in [0.3, 0.4) is 0 Å². The molecule has 0 unspecified atom stereocenters. The maximum Gasteiger partial charge on any atom is 0.416 e.